The summed E-state index contributed by atoms with van der Waals surface area (Å²) in [7, 11) is 0. The van der Waals surface area contributed by atoms with E-state index < -0.39 is 0 Å². The molecule has 1 heterocycles. The number of aromatic nitrogens is 2. The standard InChI is InChI=1S/C15H28N4OS/c1-5-8-16-13-9-14(17-12(4)11-21-7-3)19-15(18-13)10-20-6-2/h9,12H,5-8,10-11H2,1-4H3,(H2,16,17,18,19). The summed E-state index contributed by atoms with van der Waals surface area (Å²) in [4.78, 5) is 9.02. The summed E-state index contributed by atoms with van der Waals surface area (Å²) in [6, 6.07) is 2.35. The van der Waals surface area contributed by atoms with Gasteiger partial charge in [-0.15, -0.1) is 0 Å². The molecule has 0 aliphatic carbocycles. The maximum atomic E-state index is 5.42. The lowest BCUT2D eigenvalue weighted by Crippen LogP contribution is -2.20. The predicted octanol–water partition coefficient (Wildman–Crippen LogP) is 3.39. The second-order valence-corrected chi connectivity index (χ2v) is 6.14. The number of rotatable bonds is 11. The van der Waals surface area contributed by atoms with Gasteiger partial charge in [-0.3, -0.25) is 0 Å². The van der Waals surface area contributed by atoms with Gasteiger partial charge >= 0.3 is 0 Å². The summed E-state index contributed by atoms with van der Waals surface area (Å²) in [6.45, 7) is 10.5. The molecule has 0 bridgehead atoms. The highest BCUT2D eigenvalue weighted by Crippen LogP contribution is 2.14. The molecule has 0 saturated carbocycles. The highest BCUT2D eigenvalue weighted by Gasteiger charge is 2.08. The van der Waals surface area contributed by atoms with Gasteiger partial charge in [0.05, 0.1) is 0 Å². The Kier molecular flexibility index (Phi) is 9.17. The Morgan fingerprint density at radius 3 is 2.67 bits per heavy atom. The van der Waals surface area contributed by atoms with Crippen molar-refractivity contribution in [1.29, 1.82) is 0 Å². The SMILES string of the molecule is CCCNc1cc(NC(C)CSCC)nc(COCC)n1. The lowest BCUT2D eigenvalue weighted by atomic mass is 10.3. The van der Waals surface area contributed by atoms with Crippen molar-refractivity contribution >= 4 is 23.4 Å². The van der Waals surface area contributed by atoms with Gasteiger partial charge in [0.25, 0.3) is 0 Å². The van der Waals surface area contributed by atoms with Crippen molar-refractivity contribution in [2.24, 2.45) is 0 Å². The molecule has 0 aromatic carbocycles. The quantitative estimate of drug-likeness (QED) is 0.653. The molecule has 0 fully saturated rings. The van der Waals surface area contributed by atoms with E-state index in [1.54, 1.807) is 0 Å². The van der Waals surface area contributed by atoms with E-state index >= 15 is 0 Å². The molecule has 0 aliphatic heterocycles. The van der Waals surface area contributed by atoms with Gasteiger partial charge in [-0.05, 0) is 26.0 Å². The van der Waals surface area contributed by atoms with Crippen LogP contribution in [0.25, 0.3) is 0 Å². The molecule has 1 unspecified atom stereocenters. The minimum Gasteiger partial charge on any atom is -0.374 e. The van der Waals surface area contributed by atoms with E-state index in [1.807, 2.05) is 24.8 Å². The molecule has 21 heavy (non-hydrogen) atoms. The lowest BCUT2D eigenvalue weighted by Gasteiger charge is -2.16. The van der Waals surface area contributed by atoms with Gasteiger partial charge in [-0.25, -0.2) is 9.97 Å². The van der Waals surface area contributed by atoms with E-state index in [-0.39, 0.29) is 0 Å². The highest BCUT2D eigenvalue weighted by molar-refractivity contribution is 7.99. The topological polar surface area (TPSA) is 59.1 Å². The van der Waals surface area contributed by atoms with Crippen LogP contribution in [0, 0.1) is 0 Å². The van der Waals surface area contributed by atoms with Crippen LogP contribution in [0.15, 0.2) is 6.07 Å². The molecule has 0 amide bonds. The van der Waals surface area contributed by atoms with Crippen LogP contribution < -0.4 is 10.6 Å². The van der Waals surface area contributed by atoms with Gasteiger partial charge in [-0.1, -0.05) is 13.8 Å². The molecule has 0 aliphatic rings. The zero-order valence-corrected chi connectivity index (χ0v) is 14.4. The summed E-state index contributed by atoms with van der Waals surface area (Å²) in [5.74, 6) is 4.64. The largest absolute Gasteiger partial charge is 0.374 e. The molecule has 120 valence electrons. The molecule has 1 aromatic rings. The summed E-state index contributed by atoms with van der Waals surface area (Å²) >= 11 is 1.93. The number of hydrogen-bond donors (Lipinski definition) is 2. The summed E-state index contributed by atoms with van der Waals surface area (Å²) < 4.78 is 5.42. The molecule has 6 heteroatoms. The van der Waals surface area contributed by atoms with E-state index in [4.69, 9.17) is 4.74 Å². The highest BCUT2D eigenvalue weighted by atomic mass is 32.2. The fraction of sp³-hybridized carbons (Fsp3) is 0.733. The maximum absolute atomic E-state index is 5.42. The van der Waals surface area contributed by atoms with Crippen molar-refractivity contribution in [3.05, 3.63) is 11.9 Å². The molecule has 2 N–H and O–H groups in total. The first-order valence-corrected chi connectivity index (χ1v) is 8.88. The van der Waals surface area contributed by atoms with E-state index in [9.17, 15) is 0 Å². The third-order valence-electron chi connectivity index (χ3n) is 2.73. The van der Waals surface area contributed by atoms with Gasteiger partial charge in [0.15, 0.2) is 5.82 Å². The predicted molar refractivity (Wildman–Crippen MR) is 92.2 cm³/mol. The van der Waals surface area contributed by atoms with E-state index in [0.29, 0.717) is 19.3 Å². The first kappa shape index (κ1) is 18.0. The average molecular weight is 312 g/mol. The zero-order valence-electron chi connectivity index (χ0n) is 13.6. The van der Waals surface area contributed by atoms with Crippen LogP contribution in [0.1, 0.15) is 39.9 Å². The smallest absolute Gasteiger partial charge is 0.158 e. The van der Waals surface area contributed by atoms with E-state index in [2.05, 4.69) is 41.4 Å². The van der Waals surface area contributed by atoms with Crippen LogP contribution in [0.4, 0.5) is 11.6 Å². The first-order valence-electron chi connectivity index (χ1n) is 7.73. The van der Waals surface area contributed by atoms with Crippen LogP contribution in [0.5, 0.6) is 0 Å². The summed E-state index contributed by atoms with van der Waals surface area (Å²) in [5, 5.41) is 6.76. The van der Waals surface area contributed by atoms with Crippen LogP contribution in [-0.2, 0) is 11.3 Å². The number of nitrogens with one attached hydrogen (secondary N) is 2. The van der Waals surface area contributed by atoms with Crippen molar-refractivity contribution in [3.63, 3.8) is 0 Å². The molecule has 0 radical (unpaired) electrons. The first-order chi connectivity index (χ1) is 10.2. The Hall–Kier alpha value is -1.01. The Labute approximate surface area is 132 Å². The molecule has 1 atom stereocenters. The van der Waals surface area contributed by atoms with Crippen LogP contribution in [0.3, 0.4) is 0 Å². The van der Waals surface area contributed by atoms with Crippen molar-refractivity contribution in [1.82, 2.24) is 9.97 Å². The Balaban J connectivity index is 2.74. The molecule has 5 nitrogen and oxygen atoms in total. The van der Waals surface area contributed by atoms with Gasteiger partial charge in [0, 0.05) is 31.0 Å². The van der Waals surface area contributed by atoms with Gasteiger partial charge in [0.2, 0.25) is 0 Å². The van der Waals surface area contributed by atoms with Crippen molar-refractivity contribution < 1.29 is 4.74 Å². The third kappa shape index (κ3) is 7.52. The van der Waals surface area contributed by atoms with Gasteiger partial charge in [0.1, 0.15) is 18.2 Å². The van der Waals surface area contributed by atoms with Crippen LogP contribution in [-0.4, -0.2) is 40.7 Å². The normalized spacial score (nSPS) is 12.2. The van der Waals surface area contributed by atoms with Gasteiger partial charge < -0.3 is 15.4 Å². The molecule has 1 aromatic heterocycles. The van der Waals surface area contributed by atoms with Gasteiger partial charge in [-0.2, -0.15) is 11.8 Å². The Bertz CT molecular complexity index is 377. The van der Waals surface area contributed by atoms with Crippen molar-refractivity contribution in [2.45, 2.75) is 46.8 Å². The van der Waals surface area contributed by atoms with Crippen molar-refractivity contribution in [2.75, 3.05) is 35.3 Å². The fourth-order valence-corrected chi connectivity index (χ4v) is 2.43. The van der Waals surface area contributed by atoms with E-state index in [1.165, 1.54) is 0 Å². The molecule has 0 saturated heterocycles. The number of hydrogen-bond acceptors (Lipinski definition) is 6. The Morgan fingerprint density at radius 2 is 2.00 bits per heavy atom. The fourth-order valence-electron chi connectivity index (χ4n) is 1.76. The number of ether oxygens (including phenoxy) is 1. The minimum atomic E-state index is 0.379. The number of anilines is 2. The summed E-state index contributed by atoms with van der Waals surface area (Å²) in [6.07, 6.45) is 1.07. The average Bonchev–Trinajstić information content (AvgIpc) is 2.48. The third-order valence-corrected chi connectivity index (χ3v) is 3.87. The second kappa shape index (κ2) is 10.7. The molecule has 0 spiro atoms. The monoisotopic (exact) mass is 312 g/mol. The van der Waals surface area contributed by atoms with E-state index in [0.717, 1.165) is 41.9 Å². The summed E-state index contributed by atoms with van der Waals surface area (Å²) in [5.41, 5.74) is 0. The van der Waals surface area contributed by atoms with Crippen LogP contribution in [0.2, 0.25) is 0 Å². The molecular weight excluding hydrogens is 284 g/mol. The zero-order chi connectivity index (χ0) is 15.5. The van der Waals surface area contributed by atoms with Crippen molar-refractivity contribution in [3.8, 4) is 0 Å². The second-order valence-electron chi connectivity index (χ2n) is 4.82. The molecular formula is C15H28N4OS. The lowest BCUT2D eigenvalue weighted by molar-refractivity contribution is 0.128. The van der Waals surface area contributed by atoms with Crippen LogP contribution >= 0.6 is 11.8 Å². The maximum Gasteiger partial charge on any atom is 0.158 e. The Morgan fingerprint density at radius 1 is 1.24 bits per heavy atom. The number of thioether (sulfide) groups is 1. The number of nitrogens with zero attached hydrogens (tertiary/aromatic N) is 2. The molecule has 1 rings (SSSR count). The minimum absolute atomic E-state index is 0.379.